The Morgan fingerprint density at radius 2 is 1.89 bits per heavy atom. The van der Waals surface area contributed by atoms with Gasteiger partial charge in [0, 0.05) is 17.1 Å². The molecule has 0 amide bonds. The van der Waals surface area contributed by atoms with E-state index in [1.807, 2.05) is 10.8 Å². The number of nitrogens with zero attached hydrogens (tertiary/aromatic N) is 2. The standard InChI is InChI=1S/C17H14N2/c1-13-3-2-4-14(11-13)15-5-6-17-16(12-15)7-9-19(17)10-8-18/h2-7,9,11-12H,10H2,1H3. The molecule has 3 rings (SSSR count). The molecule has 0 unspecified atom stereocenters. The van der Waals surface area contributed by atoms with Crippen molar-refractivity contribution in [1.82, 2.24) is 4.57 Å². The Morgan fingerprint density at radius 1 is 1.05 bits per heavy atom. The van der Waals surface area contributed by atoms with Crippen molar-refractivity contribution in [2.24, 2.45) is 0 Å². The summed E-state index contributed by atoms with van der Waals surface area (Å²) in [5.74, 6) is 0. The topological polar surface area (TPSA) is 28.7 Å². The highest BCUT2D eigenvalue weighted by atomic mass is 14.9. The van der Waals surface area contributed by atoms with Gasteiger partial charge in [0.2, 0.25) is 0 Å². The lowest BCUT2D eigenvalue weighted by Gasteiger charge is -2.04. The number of benzene rings is 2. The van der Waals surface area contributed by atoms with Gasteiger partial charge in [-0.25, -0.2) is 0 Å². The van der Waals surface area contributed by atoms with Crippen LogP contribution < -0.4 is 0 Å². The minimum absolute atomic E-state index is 0.396. The van der Waals surface area contributed by atoms with Crippen molar-refractivity contribution in [3.05, 3.63) is 60.3 Å². The minimum atomic E-state index is 0.396. The molecule has 2 nitrogen and oxygen atoms in total. The van der Waals surface area contributed by atoms with Crippen LogP contribution in [-0.4, -0.2) is 4.57 Å². The Balaban J connectivity index is 2.10. The molecule has 0 saturated heterocycles. The highest BCUT2D eigenvalue weighted by molar-refractivity contribution is 5.85. The molecule has 0 bridgehead atoms. The fraction of sp³-hybridized carbons (Fsp3) is 0.118. The summed E-state index contributed by atoms with van der Waals surface area (Å²) in [5.41, 5.74) is 4.82. The normalized spacial score (nSPS) is 10.5. The number of hydrogen-bond acceptors (Lipinski definition) is 1. The third-order valence-electron chi connectivity index (χ3n) is 3.36. The fourth-order valence-corrected chi connectivity index (χ4v) is 2.42. The van der Waals surface area contributed by atoms with Gasteiger partial charge in [0.25, 0.3) is 0 Å². The quantitative estimate of drug-likeness (QED) is 0.668. The summed E-state index contributed by atoms with van der Waals surface area (Å²) >= 11 is 0. The molecule has 2 aromatic carbocycles. The van der Waals surface area contributed by atoms with Crippen LogP contribution in [0, 0.1) is 18.3 Å². The summed E-state index contributed by atoms with van der Waals surface area (Å²) in [6.45, 7) is 2.50. The Labute approximate surface area is 112 Å². The molecule has 92 valence electrons. The molecule has 0 fully saturated rings. The van der Waals surface area contributed by atoms with E-state index in [1.54, 1.807) is 0 Å². The van der Waals surface area contributed by atoms with Crippen molar-refractivity contribution < 1.29 is 0 Å². The van der Waals surface area contributed by atoms with Crippen LogP contribution in [0.1, 0.15) is 5.56 Å². The van der Waals surface area contributed by atoms with E-state index in [0.29, 0.717) is 6.54 Å². The molecule has 0 atom stereocenters. The van der Waals surface area contributed by atoms with Crippen LogP contribution in [0.25, 0.3) is 22.0 Å². The Hall–Kier alpha value is -2.53. The SMILES string of the molecule is Cc1cccc(-c2ccc3c(ccn3CC#N)c2)c1. The van der Waals surface area contributed by atoms with Crippen molar-refractivity contribution in [3.63, 3.8) is 0 Å². The average Bonchev–Trinajstić information content (AvgIpc) is 2.82. The van der Waals surface area contributed by atoms with Gasteiger partial charge >= 0.3 is 0 Å². The molecule has 3 aromatic rings. The van der Waals surface area contributed by atoms with Gasteiger partial charge in [0.05, 0.1) is 6.07 Å². The van der Waals surface area contributed by atoms with E-state index in [-0.39, 0.29) is 0 Å². The monoisotopic (exact) mass is 246 g/mol. The van der Waals surface area contributed by atoms with Gasteiger partial charge in [-0.1, -0.05) is 35.9 Å². The first kappa shape index (κ1) is 11.6. The summed E-state index contributed by atoms with van der Waals surface area (Å²) in [7, 11) is 0. The lowest BCUT2D eigenvalue weighted by molar-refractivity contribution is 0.874. The first-order chi connectivity index (χ1) is 9.28. The van der Waals surface area contributed by atoms with Gasteiger partial charge in [-0.15, -0.1) is 0 Å². The number of fused-ring (bicyclic) bond motifs is 1. The maximum absolute atomic E-state index is 8.79. The second kappa shape index (κ2) is 4.62. The molecule has 1 aromatic heterocycles. The highest BCUT2D eigenvalue weighted by Gasteiger charge is 2.03. The van der Waals surface area contributed by atoms with Crippen molar-refractivity contribution in [3.8, 4) is 17.2 Å². The van der Waals surface area contributed by atoms with E-state index in [2.05, 4.69) is 61.5 Å². The molecule has 0 saturated carbocycles. The molecule has 0 radical (unpaired) electrons. The first-order valence-electron chi connectivity index (χ1n) is 6.31. The van der Waals surface area contributed by atoms with E-state index in [0.717, 1.165) is 5.52 Å². The zero-order valence-corrected chi connectivity index (χ0v) is 10.8. The molecular formula is C17H14N2. The number of hydrogen-bond donors (Lipinski definition) is 0. The second-order valence-electron chi connectivity index (χ2n) is 4.74. The largest absolute Gasteiger partial charge is 0.334 e. The minimum Gasteiger partial charge on any atom is -0.334 e. The predicted molar refractivity (Wildman–Crippen MR) is 77.7 cm³/mol. The van der Waals surface area contributed by atoms with Crippen LogP contribution in [0.5, 0.6) is 0 Å². The Kier molecular flexibility index (Phi) is 2.81. The summed E-state index contributed by atoms with van der Waals surface area (Å²) in [4.78, 5) is 0. The zero-order chi connectivity index (χ0) is 13.2. The maximum Gasteiger partial charge on any atom is 0.110 e. The Bertz CT molecular complexity index is 775. The van der Waals surface area contributed by atoms with E-state index in [1.165, 1.54) is 22.1 Å². The van der Waals surface area contributed by atoms with Gasteiger partial charge in [-0.2, -0.15) is 5.26 Å². The first-order valence-corrected chi connectivity index (χ1v) is 6.31. The lowest BCUT2D eigenvalue weighted by Crippen LogP contribution is -1.92. The molecule has 0 aliphatic carbocycles. The van der Waals surface area contributed by atoms with Crippen LogP contribution in [0.3, 0.4) is 0 Å². The van der Waals surface area contributed by atoms with E-state index < -0.39 is 0 Å². The van der Waals surface area contributed by atoms with Gasteiger partial charge in [-0.3, -0.25) is 0 Å². The summed E-state index contributed by atoms with van der Waals surface area (Å²) in [6, 6.07) is 19.1. The number of rotatable bonds is 2. The van der Waals surface area contributed by atoms with Gasteiger partial charge in [-0.05, 0) is 36.2 Å². The summed E-state index contributed by atoms with van der Waals surface area (Å²) < 4.78 is 1.97. The third-order valence-corrected chi connectivity index (χ3v) is 3.36. The highest BCUT2D eigenvalue weighted by Crippen LogP contribution is 2.25. The molecule has 19 heavy (non-hydrogen) atoms. The van der Waals surface area contributed by atoms with Crippen molar-refractivity contribution in [2.75, 3.05) is 0 Å². The molecule has 0 aliphatic rings. The molecule has 0 spiro atoms. The van der Waals surface area contributed by atoms with E-state index in [4.69, 9.17) is 5.26 Å². The number of aromatic nitrogens is 1. The number of aryl methyl sites for hydroxylation is 1. The average molecular weight is 246 g/mol. The molecule has 1 heterocycles. The maximum atomic E-state index is 8.79. The van der Waals surface area contributed by atoms with E-state index >= 15 is 0 Å². The molecule has 0 aliphatic heterocycles. The third kappa shape index (κ3) is 2.11. The van der Waals surface area contributed by atoms with Crippen LogP contribution >= 0.6 is 0 Å². The van der Waals surface area contributed by atoms with Crippen molar-refractivity contribution >= 4 is 10.9 Å². The summed E-state index contributed by atoms with van der Waals surface area (Å²) in [5, 5.41) is 9.97. The second-order valence-corrected chi connectivity index (χ2v) is 4.74. The van der Waals surface area contributed by atoms with Crippen molar-refractivity contribution in [1.29, 1.82) is 5.26 Å². The lowest BCUT2D eigenvalue weighted by atomic mass is 10.0. The van der Waals surface area contributed by atoms with Gasteiger partial charge < -0.3 is 4.57 Å². The zero-order valence-electron chi connectivity index (χ0n) is 10.8. The van der Waals surface area contributed by atoms with Crippen LogP contribution in [-0.2, 0) is 6.54 Å². The molecule has 2 heteroatoms. The summed E-state index contributed by atoms with van der Waals surface area (Å²) in [6.07, 6.45) is 1.97. The van der Waals surface area contributed by atoms with Crippen LogP contribution in [0.15, 0.2) is 54.7 Å². The van der Waals surface area contributed by atoms with Crippen LogP contribution in [0.2, 0.25) is 0 Å². The van der Waals surface area contributed by atoms with Gasteiger partial charge in [0.1, 0.15) is 6.54 Å². The predicted octanol–water partition coefficient (Wildman–Crippen LogP) is 4.14. The Morgan fingerprint density at radius 3 is 2.68 bits per heavy atom. The van der Waals surface area contributed by atoms with E-state index in [9.17, 15) is 0 Å². The van der Waals surface area contributed by atoms with Crippen LogP contribution in [0.4, 0.5) is 0 Å². The fourth-order valence-electron chi connectivity index (χ4n) is 2.42. The number of nitriles is 1. The van der Waals surface area contributed by atoms with Crippen molar-refractivity contribution in [2.45, 2.75) is 13.5 Å². The molecular weight excluding hydrogens is 232 g/mol. The molecule has 0 N–H and O–H groups in total. The van der Waals surface area contributed by atoms with Gasteiger partial charge in [0.15, 0.2) is 0 Å². The smallest absolute Gasteiger partial charge is 0.110 e.